The van der Waals surface area contributed by atoms with Crippen molar-refractivity contribution in [2.24, 2.45) is 11.8 Å². The van der Waals surface area contributed by atoms with Crippen molar-refractivity contribution >= 4 is 35.4 Å². The summed E-state index contributed by atoms with van der Waals surface area (Å²) in [5.41, 5.74) is 14.0. The molecule has 0 spiro atoms. The summed E-state index contributed by atoms with van der Waals surface area (Å²) in [4.78, 5) is 62.8. The highest BCUT2D eigenvalue weighted by atomic mass is 16.5. The van der Waals surface area contributed by atoms with E-state index >= 15 is 0 Å². The number of benzene rings is 3. The lowest BCUT2D eigenvalue weighted by Gasteiger charge is -2.34. The number of aromatic nitrogens is 2. The summed E-state index contributed by atoms with van der Waals surface area (Å²) in [5.74, 6) is 0.284. The summed E-state index contributed by atoms with van der Waals surface area (Å²) >= 11 is 0. The van der Waals surface area contributed by atoms with Crippen LogP contribution in [0.15, 0.2) is 72.9 Å². The van der Waals surface area contributed by atoms with E-state index in [0.29, 0.717) is 18.8 Å². The summed E-state index contributed by atoms with van der Waals surface area (Å²) in [5, 5.41) is 8.96. The van der Waals surface area contributed by atoms with Gasteiger partial charge in [0.2, 0.25) is 11.8 Å². The van der Waals surface area contributed by atoms with Gasteiger partial charge < -0.3 is 45.9 Å². The lowest BCUT2D eigenvalue weighted by molar-refractivity contribution is -0.136. The first kappa shape index (κ1) is 42.6. The highest BCUT2D eigenvalue weighted by molar-refractivity contribution is 5.87. The first-order valence-electron chi connectivity index (χ1n) is 20.5. The zero-order valence-electron chi connectivity index (χ0n) is 35.1. The molecule has 0 aliphatic carbocycles. The third-order valence-electron chi connectivity index (χ3n) is 11.6. The highest BCUT2D eigenvalue weighted by Crippen LogP contribution is 2.34. The van der Waals surface area contributed by atoms with Crippen molar-refractivity contribution in [3.05, 3.63) is 78.8 Å². The van der Waals surface area contributed by atoms with Gasteiger partial charge in [-0.1, -0.05) is 82.3 Å². The number of anilines is 2. The van der Waals surface area contributed by atoms with Crippen molar-refractivity contribution in [1.82, 2.24) is 30.4 Å². The summed E-state index contributed by atoms with van der Waals surface area (Å²) in [6, 6.07) is 21.0. The molecule has 5 atom stereocenters. The van der Waals surface area contributed by atoms with Gasteiger partial charge >= 0.3 is 12.2 Å². The normalized spacial score (nSPS) is 18.1. The number of amides is 4. The number of carbonyl (C=O) groups is 4. The first-order valence-corrected chi connectivity index (χ1v) is 20.5. The lowest BCUT2D eigenvalue weighted by Crippen LogP contribution is -2.54. The number of likely N-dealkylation sites (tertiary alicyclic amines) is 2. The van der Waals surface area contributed by atoms with Crippen molar-refractivity contribution in [3.8, 4) is 33.5 Å². The topological polar surface area (TPSA) is 184 Å². The molecule has 3 aromatic carbocycles. The Morgan fingerprint density at radius 2 is 1.20 bits per heavy atom. The van der Waals surface area contributed by atoms with Crippen LogP contribution in [0.2, 0.25) is 0 Å². The van der Waals surface area contributed by atoms with E-state index in [1.807, 2.05) is 55.7 Å². The third kappa shape index (κ3) is 9.64. The molecule has 14 nitrogen and oxygen atoms in total. The number of hydrogen-bond acceptors (Lipinski definition) is 9. The Morgan fingerprint density at radius 1 is 0.712 bits per heavy atom. The van der Waals surface area contributed by atoms with Crippen LogP contribution in [0.1, 0.15) is 72.2 Å². The molecule has 2 saturated heterocycles. The van der Waals surface area contributed by atoms with Gasteiger partial charge in [0.15, 0.2) is 0 Å². The van der Waals surface area contributed by atoms with E-state index in [0.717, 1.165) is 70.7 Å². The number of nitrogens with one attached hydrogen (secondary N) is 4. The van der Waals surface area contributed by atoms with E-state index in [9.17, 15) is 19.2 Å². The van der Waals surface area contributed by atoms with Crippen LogP contribution in [0.25, 0.3) is 33.5 Å². The molecule has 4 aromatic rings. The van der Waals surface area contributed by atoms with Crippen LogP contribution in [0.5, 0.6) is 0 Å². The molecule has 2 aliphatic heterocycles. The van der Waals surface area contributed by atoms with Crippen LogP contribution in [0.3, 0.4) is 0 Å². The van der Waals surface area contributed by atoms with Crippen LogP contribution >= 0.6 is 0 Å². The molecule has 314 valence electrons. The Labute approximate surface area is 346 Å². The Hall–Kier alpha value is -6.05. The average Bonchev–Trinajstić information content (AvgIpc) is 4.04. The molecular formula is C45H58N8O6. The molecule has 4 amide bonds. The van der Waals surface area contributed by atoms with E-state index in [-0.39, 0.29) is 41.8 Å². The monoisotopic (exact) mass is 806 g/mol. The number of nitrogens with zero attached hydrogens (tertiary/aromatic N) is 3. The number of rotatable bonds is 13. The molecule has 2 fully saturated rings. The molecular weight excluding hydrogens is 749 g/mol. The fourth-order valence-electron chi connectivity index (χ4n) is 8.22. The molecule has 3 heterocycles. The fraction of sp³-hybridized carbons (Fsp3) is 0.444. The van der Waals surface area contributed by atoms with E-state index in [1.165, 1.54) is 14.2 Å². The molecule has 2 aliphatic rings. The smallest absolute Gasteiger partial charge is 0.407 e. The number of H-pyrrole nitrogens is 1. The molecule has 14 heteroatoms. The lowest BCUT2D eigenvalue weighted by atomic mass is 9.98. The van der Waals surface area contributed by atoms with Crippen LogP contribution in [0, 0.1) is 11.8 Å². The van der Waals surface area contributed by atoms with Gasteiger partial charge in [0.25, 0.3) is 0 Å². The van der Waals surface area contributed by atoms with Crippen molar-refractivity contribution in [2.75, 3.05) is 38.4 Å². The number of aromatic amines is 1. The number of alkyl carbamates (subject to hydrolysis) is 2. The molecule has 6 rings (SSSR count). The molecule has 0 saturated carbocycles. The van der Waals surface area contributed by atoms with Crippen LogP contribution in [-0.2, 0) is 19.1 Å². The van der Waals surface area contributed by atoms with E-state index in [1.54, 1.807) is 6.20 Å². The Balaban J connectivity index is 1.08. The van der Waals surface area contributed by atoms with Gasteiger partial charge in [-0.2, -0.15) is 0 Å². The quantitative estimate of drug-likeness (QED) is 0.0872. The second-order valence-corrected chi connectivity index (χ2v) is 16.2. The van der Waals surface area contributed by atoms with Crippen LogP contribution in [-0.4, -0.2) is 95.2 Å². The summed E-state index contributed by atoms with van der Waals surface area (Å²) < 4.78 is 9.52. The molecule has 0 radical (unpaired) electrons. The minimum Gasteiger partial charge on any atom is -0.453 e. The van der Waals surface area contributed by atoms with Gasteiger partial charge in [-0.25, -0.2) is 14.6 Å². The molecule has 59 heavy (non-hydrogen) atoms. The van der Waals surface area contributed by atoms with Crippen LogP contribution in [0.4, 0.5) is 21.0 Å². The Morgan fingerprint density at radius 3 is 1.75 bits per heavy atom. The van der Waals surface area contributed by atoms with E-state index < -0.39 is 24.3 Å². The van der Waals surface area contributed by atoms with Crippen molar-refractivity contribution in [3.63, 3.8) is 0 Å². The molecule has 1 aromatic heterocycles. The van der Waals surface area contributed by atoms with Crippen LogP contribution < -0.4 is 21.7 Å². The van der Waals surface area contributed by atoms with Crippen molar-refractivity contribution < 1.29 is 28.7 Å². The molecule has 0 bridgehead atoms. The zero-order chi connectivity index (χ0) is 42.4. The maximum atomic E-state index is 13.6. The average molecular weight is 807 g/mol. The number of methoxy groups -OCH3 is 2. The fourth-order valence-corrected chi connectivity index (χ4v) is 8.22. The number of ether oxygens (including phenoxy) is 2. The second kappa shape index (κ2) is 18.7. The highest BCUT2D eigenvalue weighted by Gasteiger charge is 2.39. The van der Waals surface area contributed by atoms with E-state index in [4.69, 9.17) is 15.2 Å². The maximum Gasteiger partial charge on any atom is 0.407 e. The number of imidazole rings is 1. The maximum absolute atomic E-state index is 13.6. The Kier molecular flexibility index (Phi) is 13.5. The third-order valence-corrected chi connectivity index (χ3v) is 11.6. The minimum atomic E-state index is -0.687. The molecule has 6 N–H and O–H groups in total. The number of hydrogen-bond donors (Lipinski definition) is 5. The SMILES string of the molecule is COC(=O)N[C@H](C(=O)N1CCC[C@H]1c1ncc(-c2ccc(-c3ccc(-c4ccc(NC(C)[C@@H]5CCCN5C(=O)[C@@H](NC(=O)OC)C(C)C)c(N)c4)cc3)cc2)[nH]1)C(C)C. The summed E-state index contributed by atoms with van der Waals surface area (Å²) in [6.07, 6.45) is 3.93. The molecule has 1 unspecified atom stereocenters. The largest absolute Gasteiger partial charge is 0.453 e. The number of carbonyl (C=O) groups excluding carboxylic acids is 4. The van der Waals surface area contributed by atoms with Gasteiger partial charge in [0, 0.05) is 19.1 Å². The number of nitrogen functional groups attached to an aromatic ring is 1. The van der Waals surface area contributed by atoms with Gasteiger partial charge in [0.1, 0.15) is 17.9 Å². The first-order chi connectivity index (χ1) is 28.3. The standard InChI is InChI=1S/C45H58N8O6/c1-26(2)39(50-44(56)58-6)42(54)52-22-8-10-37(52)28(5)48-35-21-20-33(24-34(35)46)31-14-12-29(13-15-31)30-16-18-32(19-17-30)36-25-47-41(49-36)38-11-9-23-53(38)43(55)40(27(3)4)51-45(57)59-7/h12-21,24-28,37-40,48H,8-11,22-23,46H2,1-7H3,(H,47,49)(H,50,56)(H,51,57)/t28?,37-,38-,39-,40-/m0/s1. The van der Waals surface area contributed by atoms with Crippen molar-refractivity contribution in [1.29, 1.82) is 0 Å². The van der Waals surface area contributed by atoms with Crippen molar-refractivity contribution in [2.45, 2.75) is 90.5 Å². The summed E-state index contributed by atoms with van der Waals surface area (Å²) in [6.45, 7) is 10.9. The van der Waals surface area contributed by atoms with Gasteiger partial charge in [0.05, 0.1) is 49.6 Å². The summed E-state index contributed by atoms with van der Waals surface area (Å²) in [7, 11) is 2.58. The zero-order valence-corrected chi connectivity index (χ0v) is 35.1. The van der Waals surface area contributed by atoms with Gasteiger partial charge in [-0.3, -0.25) is 9.59 Å². The second-order valence-electron chi connectivity index (χ2n) is 16.2. The van der Waals surface area contributed by atoms with Gasteiger partial charge in [-0.15, -0.1) is 0 Å². The Bertz CT molecular complexity index is 2100. The predicted molar refractivity (Wildman–Crippen MR) is 229 cm³/mol. The van der Waals surface area contributed by atoms with E-state index in [2.05, 4.69) is 81.4 Å². The predicted octanol–water partition coefficient (Wildman–Crippen LogP) is 7.21. The van der Waals surface area contributed by atoms with Gasteiger partial charge in [-0.05, 0) is 84.4 Å². The minimum absolute atomic E-state index is 0.0529. The number of nitrogens with two attached hydrogens (primary N) is 1.